The van der Waals surface area contributed by atoms with Crippen molar-refractivity contribution in [3.8, 4) is 0 Å². The largest absolute Gasteiger partial charge is 0.377 e. The third kappa shape index (κ3) is 7.92. The maximum Gasteiger partial charge on any atom is 0.218 e. The highest BCUT2D eigenvalue weighted by atomic mass is 32.2. The van der Waals surface area contributed by atoms with Crippen molar-refractivity contribution in [3.63, 3.8) is 0 Å². The minimum absolute atomic E-state index is 0.130. The first-order valence-corrected chi connectivity index (χ1v) is 11.6. The molecule has 5 heteroatoms. The predicted molar refractivity (Wildman–Crippen MR) is 122 cm³/mol. The van der Waals surface area contributed by atoms with E-state index in [4.69, 9.17) is 4.74 Å². The van der Waals surface area contributed by atoms with Gasteiger partial charge in [0.25, 0.3) is 0 Å². The fraction of sp³-hybridized carbons (Fsp3) is 0.542. The van der Waals surface area contributed by atoms with Crippen LogP contribution in [0.2, 0.25) is 0 Å². The van der Waals surface area contributed by atoms with Crippen LogP contribution >= 0.6 is 0 Å². The third-order valence-electron chi connectivity index (χ3n) is 5.27. The van der Waals surface area contributed by atoms with Crippen LogP contribution in [0.4, 0.5) is 0 Å². The summed E-state index contributed by atoms with van der Waals surface area (Å²) in [4.78, 5) is 2.59. The first-order chi connectivity index (χ1) is 13.9. The standard InChI is InChI=1S/C24H35NO3S/c1-19(2)21-14-15-22(24(18-21)29(26)27)23(28-17-9-16-25(3)4)13-8-12-20-10-6-5-7-11-20/h5-7,10-11,14-15,18-19,22-23H,8-9,12-13,16-17H2,1-4H3. The Hall–Kier alpha value is -1.69. The van der Waals surface area contributed by atoms with E-state index in [0.717, 1.165) is 37.8 Å². The van der Waals surface area contributed by atoms with E-state index < -0.39 is 10.3 Å². The molecule has 0 spiro atoms. The van der Waals surface area contributed by atoms with Gasteiger partial charge in [-0.3, -0.25) is 0 Å². The number of aryl methyl sites for hydroxylation is 1. The number of rotatable bonds is 11. The van der Waals surface area contributed by atoms with Crippen molar-refractivity contribution >= 4 is 15.2 Å². The van der Waals surface area contributed by atoms with Gasteiger partial charge in [-0.15, -0.1) is 0 Å². The first-order valence-electron chi connectivity index (χ1n) is 10.5. The average Bonchev–Trinajstić information content (AvgIpc) is 2.70. The molecule has 2 unspecified atom stereocenters. The highest BCUT2D eigenvalue weighted by Gasteiger charge is 2.27. The molecule has 1 aliphatic rings. The van der Waals surface area contributed by atoms with Gasteiger partial charge in [-0.1, -0.05) is 56.3 Å². The zero-order chi connectivity index (χ0) is 21.2. The maximum absolute atomic E-state index is 12.0. The smallest absolute Gasteiger partial charge is 0.218 e. The molecule has 1 aliphatic carbocycles. The lowest BCUT2D eigenvalue weighted by atomic mass is 9.86. The van der Waals surface area contributed by atoms with Gasteiger partial charge < -0.3 is 9.64 Å². The van der Waals surface area contributed by atoms with Gasteiger partial charge in [0.1, 0.15) is 0 Å². The van der Waals surface area contributed by atoms with Crippen LogP contribution in [-0.4, -0.2) is 51.5 Å². The maximum atomic E-state index is 12.0. The van der Waals surface area contributed by atoms with Gasteiger partial charge >= 0.3 is 0 Å². The van der Waals surface area contributed by atoms with Crippen LogP contribution in [0, 0.1) is 11.8 Å². The Morgan fingerprint density at radius 2 is 1.83 bits per heavy atom. The van der Waals surface area contributed by atoms with E-state index in [0.29, 0.717) is 17.4 Å². The number of nitrogens with zero attached hydrogens (tertiary/aromatic N) is 1. The van der Waals surface area contributed by atoms with Gasteiger partial charge in [-0.25, -0.2) is 0 Å². The number of allylic oxidation sites excluding steroid dienone is 3. The van der Waals surface area contributed by atoms with E-state index in [2.05, 4.69) is 49.1 Å². The minimum atomic E-state index is -2.25. The fourth-order valence-corrected chi connectivity index (χ4v) is 4.26. The van der Waals surface area contributed by atoms with E-state index in [1.807, 2.05) is 32.3 Å². The second-order valence-electron chi connectivity index (χ2n) is 8.26. The lowest BCUT2D eigenvalue weighted by Crippen LogP contribution is -2.32. The van der Waals surface area contributed by atoms with Crippen LogP contribution in [-0.2, 0) is 21.5 Å². The number of ether oxygens (including phenoxy) is 1. The van der Waals surface area contributed by atoms with Crippen LogP contribution in [0.15, 0.2) is 54.1 Å². The van der Waals surface area contributed by atoms with E-state index in [9.17, 15) is 8.42 Å². The molecular weight excluding hydrogens is 382 g/mol. The predicted octanol–water partition coefficient (Wildman–Crippen LogP) is 4.17. The third-order valence-corrected chi connectivity index (χ3v) is 6.05. The molecule has 0 bridgehead atoms. The van der Waals surface area contributed by atoms with E-state index in [1.165, 1.54) is 5.56 Å². The van der Waals surface area contributed by atoms with Crippen molar-refractivity contribution in [1.82, 2.24) is 4.90 Å². The summed E-state index contributed by atoms with van der Waals surface area (Å²) < 4.78 is 30.2. The van der Waals surface area contributed by atoms with E-state index in [1.54, 1.807) is 0 Å². The fourth-order valence-electron chi connectivity index (χ4n) is 3.58. The molecule has 0 heterocycles. The monoisotopic (exact) mass is 417 g/mol. The highest BCUT2D eigenvalue weighted by molar-refractivity contribution is 7.73. The normalized spacial score (nSPS) is 17.7. The molecule has 2 rings (SSSR count). The molecule has 2 atom stereocenters. The van der Waals surface area contributed by atoms with Gasteiger partial charge in [0, 0.05) is 12.5 Å². The Labute approximate surface area is 177 Å². The molecule has 0 saturated carbocycles. The zero-order valence-electron chi connectivity index (χ0n) is 18.2. The summed E-state index contributed by atoms with van der Waals surface area (Å²) in [6.45, 7) is 5.75. The van der Waals surface area contributed by atoms with Gasteiger partial charge in [-0.2, -0.15) is 8.42 Å². The molecule has 0 aliphatic heterocycles. The van der Waals surface area contributed by atoms with Crippen molar-refractivity contribution in [2.24, 2.45) is 11.8 Å². The van der Waals surface area contributed by atoms with Crippen molar-refractivity contribution < 1.29 is 13.2 Å². The highest BCUT2D eigenvalue weighted by Crippen LogP contribution is 2.26. The summed E-state index contributed by atoms with van der Waals surface area (Å²) in [5.41, 5.74) is 2.35. The van der Waals surface area contributed by atoms with Crippen molar-refractivity contribution in [2.75, 3.05) is 27.2 Å². The lowest BCUT2D eigenvalue weighted by Gasteiger charge is -2.28. The van der Waals surface area contributed by atoms with Crippen LogP contribution in [0.25, 0.3) is 0 Å². The van der Waals surface area contributed by atoms with Crippen LogP contribution in [0.3, 0.4) is 0 Å². The molecule has 1 aromatic rings. The van der Waals surface area contributed by atoms with E-state index >= 15 is 0 Å². The molecule has 0 N–H and O–H groups in total. The number of hydrogen-bond acceptors (Lipinski definition) is 4. The summed E-state index contributed by atoms with van der Waals surface area (Å²) in [5.74, 6) is 0.0780. The Bertz CT molecular complexity index is 815. The Morgan fingerprint density at radius 1 is 1.10 bits per heavy atom. The van der Waals surface area contributed by atoms with Gasteiger partial charge in [-0.05, 0) is 69.5 Å². The minimum Gasteiger partial charge on any atom is -0.377 e. The topological polar surface area (TPSA) is 46.6 Å². The number of benzene rings is 1. The van der Waals surface area contributed by atoms with Crippen molar-refractivity contribution in [1.29, 1.82) is 0 Å². The molecule has 1 aromatic carbocycles. The molecule has 160 valence electrons. The van der Waals surface area contributed by atoms with Crippen LogP contribution in [0.5, 0.6) is 0 Å². The lowest BCUT2D eigenvalue weighted by molar-refractivity contribution is 0.0306. The zero-order valence-corrected chi connectivity index (χ0v) is 19.0. The summed E-state index contributed by atoms with van der Waals surface area (Å²) in [6.07, 6.45) is 9.50. The Kier molecular flexibility index (Phi) is 9.85. The molecule has 0 aromatic heterocycles. The molecule has 0 amide bonds. The average molecular weight is 418 g/mol. The Balaban J connectivity index is 2.10. The summed E-state index contributed by atoms with van der Waals surface area (Å²) in [6, 6.07) is 10.4. The molecular formula is C24H35NO3S. The van der Waals surface area contributed by atoms with Crippen LogP contribution < -0.4 is 0 Å². The summed E-state index contributed by atoms with van der Waals surface area (Å²) in [5, 5.41) is 0. The molecule has 0 saturated heterocycles. The van der Waals surface area contributed by atoms with Gasteiger partial charge in [0.2, 0.25) is 10.3 Å². The molecule has 0 fully saturated rings. The van der Waals surface area contributed by atoms with Gasteiger partial charge in [0.05, 0.1) is 11.0 Å². The molecule has 0 radical (unpaired) electrons. The second-order valence-corrected chi connectivity index (χ2v) is 9.21. The summed E-state index contributed by atoms with van der Waals surface area (Å²) >= 11 is 0. The van der Waals surface area contributed by atoms with Gasteiger partial charge in [0.15, 0.2) is 0 Å². The quantitative estimate of drug-likeness (QED) is 0.401. The SMILES string of the molecule is CC(C)C1=CC(=S(=O)=O)C(C(CCCc2ccccc2)OCCCN(C)C)C=C1. The molecule has 4 nitrogen and oxygen atoms in total. The first kappa shape index (κ1) is 23.6. The Morgan fingerprint density at radius 3 is 2.45 bits per heavy atom. The second kappa shape index (κ2) is 12.1. The van der Waals surface area contributed by atoms with Crippen molar-refractivity contribution in [2.45, 2.75) is 45.6 Å². The summed E-state index contributed by atoms with van der Waals surface area (Å²) in [7, 11) is 1.85. The van der Waals surface area contributed by atoms with Crippen molar-refractivity contribution in [3.05, 3.63) is 59.7 Å². The van der Waals surface area contributed by atoms with E-state index in [-0.39, 0.29) is 12.0 Å². The molecule has 29 heavy (non-hydrogen) atoms. The number of hydrogen-bond donors (Lipinski definition) is 0. The van der Waals surface area contributed by atoms with Crippen LogP contribution in [0.1, 0.15) is 38.7 Å².